The van der Waals surface area contributed by atoms with Gasteiger partial charge in [0.1, 0.15) is 5.82 Å². The molecule has 3 aromatic carbocycles. The largest absolute Gasteiger partial charge is 0.336 e. The molecule has 4 aromatic rings. The number of likely N-dealkylation sites (N-methyl/N-ethyl adjacent to an activating group) is 1. The molecule has 1 heterocycles. The Morgan fingerprint density at radius 1 is 1.06 bits per heavy atom. The summed E-state index contributed by atoms with van der Waals surface area (Å²) in [6.45, 7) is 3.79. The monoisotopic (exact) mass is 445 g/mol. The standard InChI is InChI=1S/C26H24ClN3O2/c1-17-15-20(27)13-14-23(17)30-25(28-22-12-8-7-11-21(22)26(30)32)18(2)29(3)24(31)16-19-9-5-4-6-10-19/h4-15,18H,16H2,1-3H3. The van der Waals surface area contributed by atoms with E-state index in [4.69, 9.17) is 16.6 Å². The predicted octanol–water partition coefficient (Wildman–Crippen LogP) is 5.11. The van der Waals surface area contributed by atoms with Gasteiger partial charge >= 0.3 is 0 Å². The van der Waals surface area contributed by atoms with E-state index in [0.29, 0.717) is 27.4 Å². The summed E-state index contributed by atoms with van der Waals surface area (Å²) in [5, 5.41) is 1.12. The lowest BCUT2D eigenvalue weighted by atomic mass is 10.1. The second-order valence-corrected chi connectivity index (χ2v) is 8.34. The van der Waals surface area contributed by atoms with Gasteiger partial charge < -0.3 is 4.90 Å². The number of aryl methyl sites for hydroxylation is 1. The molecule has 0 saturated heterocycles. The highest BCUT2D eigenvalue weighted by atomic mass is 35.5. The van der Waals surface area contributed by atoms with Gasteiger partial charge in [-0.05, 0) is 55.3 Å². The average molecular weight is 446 g/mol. The highest BCUT2D eigenvalue weighted by molar-refractivity contribution is 6.30. The van der Waals surface area contributed by atoms with Crippen molar-refractivity contribution in [1.82, 2.24) is 14.5 Å². The van der Waals surface area contributed by atoms with Crippen LogP contribution >= 0.6 is 11.6 Å². The lowest BCUT2D eigenvalue weighted by molar-refractivity contribution is -0.131. The number of benzene rings is 3. The Kier molecular flexibility index (Phi) is 6.10. The number of rotatable bonds is 5. The molecule has 1 atom stereocenters. The Bertz CT molecular complexity index is 1350. The van der Waals surface area contributed by atoms with Gasteiger partial charge in [-0.25, -0.2) is 4.98 Å². The first-order valence-corrected chi connectivity index (χ1v) is 10.8. The molecule has 0 spiro atoms. The van der Waals surface area contributed by atoms with E-state index in [1.165, 1.54) is 0 Å². The van der Waals surface area contributed by atoms with Crippen molar-refractivity contribution >= 4 is 28.4 Å². The molecule has 0 aliphatic heterocycles. The van der Waals surface area contributed by atoms with Gasteiger partial charge in [-0.2, -0.15) is 0 Å². The number of hydrogen-bond donors (Lipinski definition) is 0. The third-order valence-electron chi connectivity index (χ3n) is 5.75. The quantitative estimate of drug-likeness (QED) is 0.429. The van der Waals surface area contributed by atoms with Crippen LogP contribution in [-0.4, -0.2) is 27.4 Å². The summed E-state index contributed by atoms with van der Waals surface area (Å²) in [6, 6.07) is 21.8. The van der Waals surface area contributed by atoms with Gasteiger partial charge in [0.25, 0.3) is 5.56 Å². The summed E-state index contributed by atoms with van der Waals surface area (Å²) >= 11 is 6.15. The molecular weight excluding hydrogens is 422 g/mol. The highest BCUT2D eigenvalue weighted by Gasteiger charge is 2.24. The van der Waals surface area contributed by atoms with Gasteiger partial charge in [0.2, 0.25) is 5.91 Å². The van der Waals surface area contributed by atoms with Gasteiger partial charge in [-0.1, -0.05) is 54.1 Å². The third kappa shape index (κ3) is 4.16. The maximum atomic E-state index is 13.6. The number of carbonyl (C=O) groups excluding carboxylic acids is 1. The molecule has 1 aromatic heterocycles. The minimum atomic E-state index is -0.432. The lowest BCUT2D eigenvalue weighted by Crippen LogP contribution is -2.35. The Labute approximate surface area is 191 Å². The second kappa shape index (κ2) is 8.97. The van der Waals surface area contributed by atoms with Gasteiger partial charge in [0.05, 0.1) is 29.1 Å². The summed E-state index contributed by atoms with van der Waals surface area (Å²) in [7, 11) is 1.75. The molecule has 6 heteroatoms. The molecule has 1 unspecified atom stereocenters. The summed E-state index contributed by atoms with van der Waals surface area (Å²) in [5.74, 6) is 0.452. The topological polar surface area (TPSA) is 55.2 Å². The first kappa shape index (κ1) is 21.8. The van der Waals surface area contributed by atoms with Crippen molar-refractivity contribution in [3.8, 4) is 5.69 Å². The van der Waals surface area contributed by atoms with Crippen LogP contribution in [0.1, 0.15) is 29.9 Å². The van der Waals surface area contributed by atoms with Crippen molar-refractivity contribution in [1.29, 1.82) is 0 Å². The van der Waals surface area contributed by atoms with Crippen molar-refractivity contribution in [2.45, 2.75) is 26.3 Å². The maximum absolute atomic E-state index is 13.6. The smallest absolute Gasteiger partial charge is 0.266 e. The molecule has 162 valence electrons. The predicted molar refractivity (Wildman–Crippen MR) is 128 cm³/mol. The molecule has 0 N–H and O–H groups in total. The van der Waals surface area contributed by atoms with Crippen LogP contribution in [0.3, 0.4) is 0 Å². The molecule has 0 aliphatic rings. The number of para-hydroxylation sites is 1. The Balaban J connectivity index is 1.83. The van der Waals surface area contributed by atoms with Crippen molar-refractivity contribution in [3.63, 3.8) is 0 Å². The first-order valence-electron chi connectivity index (χ1n) is 10.4. The Morgan fingerprint density at radius 2 is 1.75 bits per heavy atom. The van der Waals surface area contributed by atoms with Gasteiger partial charge in [0, 0.05) is 12.1 Å². The normalized spacial score (nSPS) is 12.0. The molecule has 0 aliphatic carbocycles. The Morgan fingerprint density at radius 3 is 2.47 bits per heavy atom. The fraction of sp³-hybridized carbons (Fsp3) is 0.192. The SMILES string of the molecule is Cc1cc(Cl)ccc1-n1c(C(C)N(C)C(=O)Cc2ccccc2)nc2ccccc2c1=O. The Hall–Kier alpha value is -3.44. The highest BCUT2D eigenvalue weighted by Crippen LogP contribution is 2.25. The number of nitrogens with zero attached hydrogens (tertiary/aromatic N) is 3. The van der Waals surface area contributed by atoms with E-state index >= 15 is 0 Å². The van der Waals surface area contributed by atoms with Crippen molar-refractivity contribution in [2.75, 3.05) is 7.05 Å². The van der Waals surface area contributed by atoms with Crippen LogP contribution in [0.4, 0.5) is 0 Å². The van der Waals surface area contributed by atoms with E-state index < -0.39 is 6.04 Å². The zero-order valence-electron chi connectivity index (χ0n) is 18.2. The molecule has 4 rings (SSSR count). The van der Waals surface area contributed by atoms with Crippen LogP contribution in [-0.2, 0) is 11.2 Å². The summed E-state index contributed by atoms with van der Waals surface area (Å²) in [6.07, 6.45) is 0.277. The summed E-state index contributed by atoms with van der Waals surface area (Å²) < 4.78 is 1.60. The van der Waals surface area contributed by atoms with E-state index in [9.17, 15) is 9.59 Å². The fourth-order valence-electron chi connectivity index (χ4n) is 3.82. The lowest BCUT2D eigenvalue weighted by Gasteiger charge is -2.27. The third-order valence-corrected chi connectivity index (χ3v) is 5.98. The van der Waals surface area contributed by atoms with E-state index in [2.05, 4.69) is 0 Å². The fourth-order valence-corrected chi connectivity index (χ4v) is 4.04. The zero-order valence-corrected chi connectivity index (χ0v) is 19.0. The minimum Gasteiger partial charge on any atom is -0.336 e. The molecular formula is C26H24ClN3O2. The minimum absolute atomic E-state index is 0.0505. The molecule has 0 bridgehead atoms. The number of aromatic nitrogens is 2. The van der Waals surface area contributed by atoms with Crippen LogP contribution in [0, 0.1) is 6.92 Å². The number of hydrogen-bond acceptors (Lipinski definition) is 3. The molecule has 5 nitrogen and oxygen atoms in total. The van der Waals surface area contributed by atoms with Crippen molar-refractivity contribution < 1.29 is 4.79 Å². The number of carbonyl (C=O) groups is 1. The average Bonchev–Trinajstić information content (AvgIpc) is 2.79. The van der Waals surface area contributed by atoms with E-state index in [1.807, 2.05) is 74.5 Å². The summed E-state index contributed by atoms with van der Waals surface area (Å²) in [4.78, 5) is 33.1. The van der Waals surface area contributed by atoms with Crippen LogP contribution in [0.25, 0.3) is 16.6 Å². The number of halogens is 1. The van der Waals surface area contributed by atoms with Crippen LogP contribution in [0.5, 0.6) is 0 Å². The second-order valence-electron chi connectivity index (χ2n) is 7.90. The van der Waals surface area contributed by atoms with Gasteiger partial charge in [-0.3, -0.25) is 14.2 Å². The number of fused-ring (bicyclic) bond motifs is 1. The molecule has 1 amide bonds. The van der Waals surface area contributed by atoms with Crippen LogP contribution < -0.4 is 5.56 Å². The van der Waals surface area contributed by atoms with Crippen LogP contribution in [0.2, 0.25) is 5.02 Å². The molecule has 0 saturated carbocycles. The zero-order chi connectivity index (χ0) is 22.8. The molecule has 0 fully saturated rings. The summed E-state index contributed by atoms with van der Waals surface area (Å²) in [5.41, 5.74) is 2.92. The van der Waals surface area contributed by atoms with E-state index in [0.717, 1.165) is 11.1 Å². The van der Waals surface area contributed by atoms with Gasteiger partial charge in [-0.15, -0.1) is 0 Å². The molecule has 0 radical (unpaired) electrons. The maximum Gasteiger partial charge on any atom is 0.266 e. The number of amides is 1. The van der Waals surface area contributed by atoms with Gasteiger partial charge in [0.15, 0.2) is 0 Å². The van der Waals surface area contributed by atoms with Crippen LogP contribution in [0.15, 0.2) is 77.6 Å². The van der Waals surface area contributed by atoms with E-state index in [-0.39, 0.29) is 17.9 Å². The first-order chi connectivity index (χ1) is 15.4. The molecule has 32 heavy (non-hydrogen) atoms. The van der Waals surface area contributed by atoms with Crippen molar-refractivity contribution in [2.24, 2.45) is 0 Å². The van der Waals surface area contributed by atoms with Crippen molar-refractivity contribution in [3.05, 3.63) is 105 Å². The van der Waals surface area contributed by atoms with E-state index in [1.54, 1.807) is 28.6 Å².